The summed E-state index contributed by atoms with van der Waals surface area (Å²) in [5, 5.41) is 4.17. The number of fused-ring (bicyclic) bond motifs is 1. The van der Waals surface area contributed by atoms with Gasteiger partial charge in [-0.25, -0.2) is 4.68 Å². The molecular formula is C15H21N3O2. The van der Waals surface area contributed by atoms with Gasteiger partial charge in [0.1, 0.15) is 5.69 Å². The summed E-state index contributed by atoms with van der Waals surface area (Å²) in [5.41, 5.74) is 0.240. The first kappa shape index (κ1) is 13.3. The molecule has 0 N–H and O–H groups in total. The van der Waals surface area contributed by atoms with Crippen molar-refractivity contribution in [2.24, 2.45) is 11.8 Å². The van der Waals surface area contributed by atoms with Crippen LogP contribution in [0, 0.1) is 11.8 Å². The van der Waals surface area contributed by atoms with Crippen molar-refractivity contribution in [1.82, 2.24) is 14.7 Å². The summed E-state index contributed by atoms with van der Waals surface area (Å²) in [6.07, 6.45) is 5.08. The van der Waals surface area contributed by atoms with Crippen molar-refractivity contribution in [3.05, 3.63) is 28.2 Å². The Kier molecular flexibility index (Phi) is 3.59. The van der Waals surface area contributed by atoms with Crippen molar-refractivity contribution in [3.63, 3.8) is 0 Å². The second kappa shape index (κ2) is 5.38. The van der Waals surface area contributed by atoms with Gasteiger partial charge in [-0.2, -0.15) is 5.10 Å². The molecule has 2 heterocycles. The molecule has 2 aliphatic rings. The van der Waals surface area contributed by atoms with Crippen LogP contribution >= 0.6 is 0 Å². The molecule has 0 radical (unpaired) electrons. The van der Waals surface area contributed by atoms with Crippen LogP contribution < -0.4 is 5.56 Å². The number of aryl methyl sites for hydroxylation is 1. The number of aromatic nitrogens is 2. The van der Waals surface area contributed by atoms with E-state index in [1.807, 2.05) is 11.8 Å². The Morgan fingerprint density at radius 2 is 1.90 bits per heavy atom. The monoisotopic (exact) mass is 275 g/mol. The summed E-state index contributed by atoms with van der Waals surface area (Å²) >= 11 is 0. The number of carbonyl (C=O) groups excluding carboxylic acids is 1. The highest BCUT2D eigenvalue weighted by Crippen LogP contribution is 2.36. The van der Waals surface area contributed by atoms with Crippen LogP contribution in [-0.2, 0) is 6.54 Å². The van der Waals surface area contributed by atoms with Gasteiger partial charge in [-0.1, -0.05) is 12.8 Å². The van der Waals surface area contributed by atoms with Gasteiger partial charge in [0.15, 0.2) is 0 Å². The van der Waals surface area contributed by atoms with Gasteiger partial charge in [-0.3, -0.25) is 9.59 Å². The number of amides is 1. The van der Waals surface area contributed by atoms with E-state index < -0.39 is 0 Å². The number of rotatable bonds is 2. The molecule has 0 aromatic carbocycles. The summed E-state index contributed by atoms with van der Waals surface area (Å²) in [7, 11) is 0. The molecule has 1 aromatic heterocycles. The van der Waals surface area contributed by atoms with Crippen LogP contribution in [0.3, 0.4) is 0 Å². The second-order valence-electron chi connectivity index (χ2n) is 5.89. The van der Waals surface area contributed by atoms with Gasteiger partial charge in [0.05, 0.1) is 0 Å². The Morgan fingerprint density at radius 3 is 2.50 bits per heavy atom. The van der Waals surface area contributed by atoms with Crippen molar-refractivity contribution < 1.29 is 4.79 Å². The smallest absolute Gasteiger partial charge is 0.274 e. The molecule has 5 nitrogen and oxygen atoms in total. The van der Waals surface area contributed by atoms with Gasteiger partial charge in [-0.05, 0) is 37.7 Å². The minimum absolute atomic E-state index is 0.0263. The molecular weight excluding hydrogens is 254 g/mol. The summed E-state index contributed by atoms with van der Waals surface area (Å²) in [5.74, 6) is 1.32. The topological polar surface area (TPSA) is 55.2 Å². The molecule has 1 aliphatic heterocycles. The molecule has 2 unspecified atom stereocenters. The lowest BCUT2D eigenvalue weighted by Crippen LogP contribution is -2.32. The van der Waals surface area contributed by atoms with Crippen molar-refractivity contribution in [1.29, 1.82) is 0 Å². The van der Waals surface area contributed by atoms with E-state index in [0.717, 1.165) is 13.1 Å². The van der Waals surface area contributed by atoms with Crippen LogP contribution in [0.4, 0.5) is 0 Å². The molecule has 1 aliphatic carbocycles. The third-order valence-corrected chi connectivity index (χ3v) is 4.65. The zero-order valence-electron chi connectivity index (χ0n) is 11.9. The van der Waals surface area contributed by atoms with Gasteiger partial charge in [-0.15, -0.1) is 0 Å². The SMILES string of the molecule is CCn1nc(C(=O)N2CC3CCCCC3C2)ccc1=O. The largest absolute Gasteiger partial charge is 0.337 e. The molecule has 3 rings (SSSR count). The Bertz CT molecular complexity index is 552. The number of nitrogens with zero attached hydrogens (tertiary/aromatic N) is 3. The summed E-state index contributed by atoms with van der Waals surface area (Å²) in [4.78, 5) is 26.0. The first-order chi connectivity index (χ1) is 9.69. The predicted molar refractivity (Wildman–Crippen MR) is 75.5 cm³/mol. The first-order valence-electron chi connectivity index (χ1n) is 7.56. The van der Waals surface area contributed by atoms with E-state index in [1.165, 1.54) is 36.4 Å². The van der Waals surface area contributed by atoms with Crippen molar-refractivity contribution >= 4 is 5.91 Å². The number of carbonyl (C=O) groups is 1. The maximum absolute atomic E-state index is 12.5. The van der Waals surface area contributed by atoms with Crippen molar-refractivity contribution in [2.75, 3.05) is 13.1 Å². The third kappa shape index (κ3) is 2.37. The molecule has 1 saturated carbocycles. The molecule has 108 valence electrons. The van der Waals surface area contributed by atoms with Crippen LogP contribution in [0.1, 0.15) is 43.1 Å². The number of hydrogen-bond acceptors (Lipinski definition) is 3. The van der Waals surface area contributed by atoms with Crippen molar-refractivity contribution in [3.8, 4) is 0 Å². The molecule has 1 amide bonds. The van der Waals surface area contributed by atoms with Gasteiger partial charge >= 0.3 is 0 Å². The van der Waals surface area contributed by atoms with Crippen LogP contribution in [0.5, 0.6) is 0 Å². The zero-order chi connectivity index (χ0) is 14.1. The first-order valence-corrected chi connectivity index (χ1v) is 7.56. The quantitative estimate of drug-likeness (QED) is 0.822. The van der Waals surface area contributed by atoms with Gasteiger partial charge < -0.3 is 4.90 Å². The molecule has 1 aromatic rings. The Hall–Kier alpha value is -1.65. The lowest BCUT2D eigenvalue weighted by molar-refractivity contribution is 0.0775. The fraction of sp³-hybridized carbons (Fsp3) is 0.667. The average molecular weight is 275 g/mol. The highest BCUT2D eigenvalue weighted by molar-refractivity contribution is 5.92. The Morgan fingerprint density at radius 1 is 1.25 bits per heavy atom. The standard InChI is InChI=1S/C15H21N3O2/c1-2-18-14(19)8-7-13(16-18)15(20)17-9-11-5-3-4-6-12(11)10-17/h7-8,11-12H,2-6,9-10H2,1H3. The maximum Gasteiger partial charge on any atom is 0.274 e. The second-order valence-corrected chi connectivity index (χ2v) is 5.89. The lowest BCUT2D eigenvalue weighted by atomic mass is 9.82. The zero-order valence-corrected chi connectivity index (χ0v) is 11.9. The molecule has 0 bridgehead atoms. The molecule has 2 atom stereocenters. The normalized spacial score (nSPS) is 25.6. The van der Waals surface area contributed by atoms with Crippen LogP contribution in [-0.4, -0.2) is 33.7 Å². The molecule has 2 fully saturated rings. The van der Waals surface area contributed by atoms with E-state index in [0.29, 0.717) is 24.1 Å². The number of likely N-dealkylation sites (tertiary alicyclic amines) is 1. The summed E-state index contributed by atoms with van der Waals surface area (Å²) < 4.78 is 1.34. The van der Waals surface area contributed by atoms with Crippen LogP contribution in [0.25, 0.3) is 0 Å². The van der Waals surface area contributed by atoms with E-state index in [9.17, 15) is 9.59 Å². The Labute approximate surface area is 118 Å². The van der Waals surface area contributed by atoms with E-state index in [4.69, 9.17) is 0 Å². The predicted octanol–water partition coefficient (Wildman–Crippen LogP) is 1.53. The van der Waals surface area contributed by atoms with E-state index in [1.54, 1.807) is 6.07 Å². The highest BCUT2D eigenvalue weighted by Gasteiger charge is 2.37. The third-order valence-electron chi connectivity index (χ3n) is 4.65. The molecule has 1 saturated heterocycles. The van der Waals surface area contributed by atoms with Gasteiger partial charge in [0, 0.05) is 25.7 Å². The fourth-order valence-corrected chi connectivity index (χ4v) is 3.52. The van der Waals surface area contributed by atoms with E-state index in [-0.39, 0.29) is 11.5 Å². The van der Waals surface area contributed by atoms with Crippen molar-refractivity contribution in [2.45, 2.75) is 39.2 Å². The van der Waals surface area contributed by atoms with E-state index >= 15 is 0 Å². The Balaban J connectivity index is 1.77. The molecule has 5 heteroatoms. The van der Waals surface area contributed by atoms with Crippen LogP contribution in [0.15, 0.2) is 16.9 Å². The van der Waals surface area contributed by atoms with Gasteiger partial charge in [0.25, 0.3) is 11.5 Å². The highest BCUT2D eigenvalue weighted by atomic mass is 16.2. The fourth-order valence-electron chi connectivity index (χ4n) is 3.52. The summed E-state index contributed by atoms with van der Waals surface area (Å²) in [6.45, 7) is 4.06. The van der Waals surface area contributed by atoms with E-state index in [2.05, 4.69) is 5.10 Å². The minimum atomic E-state index is -0.154. The average Bonchev–Trinajstić information content (AvgIpc) is 2.91. The van der Waals surface area contributed by atoms with Crippen LogP contribution in [0.2, 0.25) is 0 Å². The van der Waals surface area contributed by atoms with Gasteiger partial charge in [0.2, 0.25) is 0 Å². The molecule has 20 heavy (non-hydrogen) atoms. The lowest BCUT2D eigenvalue weighted by Gasteiger charge is -2.22. The molecule has 0 spiro atoms. The minimum Gasteiger partial charge on any atom is -0.337 e. The number of hydrogen-bond donors (Lipinski definition) is 0. The summed E-state index contributed by atoms with van der Waals surface area (Å²) in [6, 6.07) is 2.99. The maximum atomic E-state index is 12.5.